The third kappa shape index (κ3) is 3.69. The zero-order valence-corrected chi connectivity index (χ0v) is 9.49. The molecule has 16 heavy (non-hydrogen) atoms. The lowest BCUT2D eigenvalue weighted by atomic mass is 10.1. The summed E-state index contributed by atoms with van der Waals surface area (Å²) >= 11 is 0. The van der Waals surface area contributed by atoms with Gasteiger partial charge in [0.1, 0.15) is 0 Å². The van der Waals surface area contributed by atoms with Crippen LogP contribution < -0.4 is 10.6 Å². The molecular formula is C10H18N2O4. The lowest BCUT2D eigenvalue weighted by Crippen LogP contribution is -2.49. The van der Waals surface area contributed by atoms with E-state index in [1.54, 1.807) is 0 Å². The average molecular weight is 230 g/mol. The molecule has 3 unspecified atom stereocenters. The van der Waals surface area contributed by atoms with Crippen LogP contribution in [0.3, 0.4) is 0 Å². The summed E-state index contributed by atoms with van der Waals surface area (Å²) in [6, 6.07) is -0.444. The highest BCUT2D eigenvalue weighted by Crippen LogP contribution is 2.36. The molecule has 0 heterocycles. The normalized spacial score (nSPS) is 26.7. The quantitative estimate of drug-likeness (QED) is 0.524. The summed E-state index contributed by atoms with van der Waals surface area (Å²) in [6.07, 6.45) is 1.12. The molecule has 1 saturated carbocycles. The van der Waals surface area contributed by atoms with E-state index in [9.17, 15) is 14.7 Å². The Kier molecular flexibility index (Phi) is 3.74. The van der Waals surface area contributed by atoms with Gasteiger partial charge >= 0.3 is 12.0 Å². The van der Waals surface area contributed by atoms with Crippen molar-refractivity contribution in [3.63, 3.8) is 0 Å². The lowest BCUT2D eigenvalue weighted by Gasteiger charge is -2.18. The Morgan fingerprint density at radius 1 is 1.44 bits per heavy atom. The molecule has 0 bridgehead atoms. The Labute approximate surface area is 94.0 Å². The summed E-state index contributed by atoms with van der Waals surface area (Å²) in [5.41, 5.74) is -1.93. The van der Waals surface area contributed by atoms with Crippen LogP contribution in [0.1, 0.15) is 20.3 Å². The first-order chi connectivity index (χ1) is 7.33. The number of hydrogen-bond donors (Lipinski definition) is 4. The molecule has 3 atom stereocenters. The summed E-state index contributed by atoms with van der Waals surface area (Å²) in [7, 11) is 0. The van der Waals surface area contributed by atoms with Gasteiger partial charge in [-0.1, -0.05) is 6.92 Å². The first-order valence-corrected chi connectivity index (χ1v) is 5.30. The van der Waals surface area contributed by atoms with Crippen molar-refractivity contribution < 1.29 is 19.8 Å². The molecule has 6 nitrogen and oxygen atoms in total. The van der Waals surface area contributed by atoms with Gasteiger partial charge in [-0.3, -0.25) is 0 Å². The Balaban J connectivity index is 2.17. The minimum Gasteiger partial charge on any atom is -0.479 e. The molecule has 0 aromatic rings. The van der Waals surface area contributed by atoms with Gasteiger partial charge in [-0.25, -0.2) is 9.59 Å². The molecule has 1 fully saturated rings. The van der Waals surface area contributed by atoms with E-state index in [1.165, 1.54) is 0 Å². The summed E-state index contributed by atoms with van der Waals surface area (Å²) < 4.78 is 0. The van der Waals surface area contributed by atoms with Gasteiger partial charge in [0.05, 0.1) is 6.54 Å². The maximum atomic E-state index is 11.2. The van der Waals surface area contributed by atoms with Gasteiger partial charge in [0.15, 0.2) is 5.60 Å². The van der Waals surface area contributed by atoms with Crippen LogP contribution >= 0.6 is 0 Å². The number of rotatable bonds is 5. The minimum atomic E-state index is -1.93. The van der Waals surface area contributed by atoms with Gasteiger partial charge in [-0.15, -0.1) is 0 Å². The van der Waals surface area contributed by atoms with Crippen molar-refractivity contribution in [2.24, 2.45) is 11.8 Å². The fourth-order valence-corrected chi connectivity index (χ4v) is 1.30. The van der Waals surface area contributed by atoms with E-state index in [2.05, 4.69) is 17.6 Å². The smallest absolute Gasteiger partial charge is 0.337 e. The Bertz CT molecular complexity index is 291. The summed E-state index contributed by atoms with van der Waals surface area (Å²) in [5, 5.41) is 22.9. The molecular weight excluding hydrogens is 212 g/mol. The number of carboxylic acids is 1. The monoisotopic (exact) mass is 230 g/mol. The number of carbonyl (C=O) groups is 2. The topological polar surface area (TPSA) is 98.7 Å². The number of aliphatic hydroxyl groups is 1. The third-order valence-corrected chi connectivity index (χ3v) is 2.85. The molecule has 0 saturated heterocycles. The van der Waals surface area contributed by atoms with Crippen molar-refractivity contribution in [1.82, 2.24) is 10.6 Å². The predicted octanol–water partition coefficient (Wildman–Crippen LogP) is -0.223. The number of nitrogens with one attached hydrogen (secondary N) is 2. The molecule has 0 aromatic carbocycles. The van der Waals surface area contributed by atoms with Crippen LogP contribution in [0.2, 0.25) is 0 Å². The standard InChI is InChI=1S/C10H18N2O4/c1-6-3-7(6)4-11-9(15)12-5-10(2,16)8(13)14/h6-7,16H,3-5H2,1-2H3,(H,13,14)(H2,11,12,15). The highest BCUT2D eigenvalue weighted by Gasteiger charge is 2.33. The van der Waals surface area contributed by atoms with E-state index in [1.807, 2.05) is 0 Å². The van der Waals surface area contributed by atoms with Gasteiger partial charge in [-0.2, -0.15) is 0 Å². The molecule has 0 spiro atoms. The first kappa shape index (κ1) is 12.8. The molecule has 4 N–H and O–H groups in total. The molecule has 0 aliphatic heterocycles. The zero-order chi connectivity index (χ0) is 12.3. The van der Waals surface area contributed by atoms with Crippen molar-refractivity contribution in [3.05, 3.63) is 0 Å². The Morgan fingerprint density at radius 3 is 2.44 bits per heavy atom. The number of hydrogen-bond acceptors (Lipinski definition) is 3. The highest BCUT2D eigenvalue weighted by molar-refractivity contribution is 5.79. The Morgan fingerprint density at radius 2 is 2.00 bits per heavy atom. The largest absolute Gasteiger partial charge is 0.479 e. The van der Waals surface area contributed by atoms with Crippen molar-refractivity contribution in [2.75, 3.05) is 13.1 Å². The van der Waals surface area contributed by atoms with Crippen LogP contribution in [-0.2, 0) is 4.79 Å². The van der Waals surface area contributed by atoms with E-state index in [0.717, 1.165) is 13.3 Å². The molecule has 6 heteroatoms. The van der Waals surface area contributed by atoms with Gasteiger partial charge in [0.2, 0.25) is 0 Å². The van der Waals surface area contributed by atoms with Crippen molar-refractivity contribution in [2.45, 2.75) is 25.9 Å². The average Bonchev–Trinajstić information content (AvgIpc) is 2.88. The zero-order valence-electron chi connectivity index (χ0n) is 9.49. The number of aliphatic carboxylic acids is 1. The summed E-state index contributed by atoms with van der Waals surface area (Å²) in [4.78, 5) is 21.8. The first-order valence-electron chi connectivity index (χ1n) is 5.30. The summed E-state index contributed by atoms with van der Waals surface area (Å²) in [6.45, 7) is 3.54. The molecule has 0 aromatic heterocycles. The van der Waals surface area contributed by atoms with Crippen molar-refractivity contribution in [1.29, 1.82) is 0 Å². The fraction of sp³-hybridized carbons (Fsp3) is 0.800. The van der Waals surface area contributed by atoms with Gasteiger partial charge in [0.25, 0.3) is 0 Å². The van der Waals surface area contributed by atoms with Gasteiger partial charge in [0, 0.05) is 6.54 Å². The van der Waals surface area contributed by atoms with Crippen molar-refractivity contribution in [3.8, 4) is 0 Å². The molecule has 92 valence electrons. The number of amides is 2. The highest BCUT2D eigenvalue weighted by atomic mass is 16.4. The second-order valence-corrected chi connectivity index (χ2v) is 4.62. The van der Waals surface area contributed by atoms with Crippen LogP contribution in [0.5, 0.6) is 0 Å². The Hall–Kier alpha value is -1.30. The van der Waals surface area contributed by atoms with Crippen LogP contribution in [0.4, 0.5) is 4.79 Å². The van der Waals surface area contributed by atoms with E-state index < -0.39 is 17.6 Å². The van der Waals surface area contributed by atoms with Gasteiger partial charge < -0.3 is 20.8 Å². The molecule has 1 aliphatic rings. The number of urea groups is 1. The van der Waals surface area contributed by atoms with Crippen molar-refractivity contribution >= 4 is 12.0 Å². The third-order valence-electron chi connectivity index (χ3n) is 2.85. The van der Waals surface area contributed by atoms with Gasteiger partial charge in [-0.05, 0) is 25.2 Å². The molecule has 2 amide bonds. The van der Waals surface area contributed by atoms with E-state index in [4.69, 9.17) is 5.11 Å². The summed E-state index contributed by atoms with van der Waals surface area (Å²) in [5.74, 6) is -0.170. The van der Waals surface area contributed by atoms with E-state index >= 15 is 0 Å². The maximum Gasteiger partial charge on any atom is 0.337 e. The maximum absolute atomic E-state index is 11.2. The van der Waals surface area contributed by atoms with Crippen LogP contribution in [-0.4, -0.2) is 40.9 Å². The minimum absolute atomic E-state index is 0.311. The second kappa shape index (κ2) is 4.69. The lowest BCUT2D eigenvalue weighted by molar-refractivity contribution is -0.155. The number of carbonyl (C=O) groups excluding carboxylic acids is 1. The predicted molar refractivity (Wildman–Crippen MR) is 56.9 cm³/mol. The van der Waals surface area contributed by atoms with Crippen LogP contribution in [0.15, 0.2) is 0 Å². The SMILES string of the molecule is CC1CC1CNC(=O)NCC(C)(O)C(=O)O. The van der Waals surface area contributed by atoms with Crippen LogP contribution in [0, 0.1) is 11.8 Å². The van der Waals surface area contributed by atoms with E-state index in [-0.39, 0.29) is 6.54 Å². The molecule has 1 rings (SSSR count). The molecule has 1 aliphatic carbocycles. The number of carboxylic acid groups (broad SMARTS) is 1. The van der Waals surface area contributed by atoms with E-state index in [0.29, 0.717) is 18.4 Å². The van der Waals surface area contributed by atoms with Crippen LogP contribution in [0.25, 0.3) is 0 Å². The molecule has 0 radical (unpaired) electrons. The fourth-order valence-electron chi connectivity index (χ4n) is 1.30. The second-order valence-electron chi connectivity index (χ2n) is 4.62.